The highest BCUT2D eigenvalue weighted by molar-refractivity contribution is 6.11. The third-order valence-corrected chi connectivity index (χ3v) is 21.8. The standard InChI is InChI=1S/C54H32N6.C48H28N6/c1-2-6-33(7-3-1)44-23-18-37-14-15-38-20-28-49(60-54(38)53(37)58-44)48-27-17-34-11-16-40(32-50(34)57-48)39-21-25-46-43(30-39)22-26-45(56-46)41-8-4-9-42(31-41)47-24-19-36-13-12-35-10-5-29-55-51(35)52(36)59-47;1-2-6-29(7-3-1)39-19-15-31-11-12-32-16-23-43(54-47(32)46(31)53-39)42-22-14-30-10-13-34(28-44(30)52-42)33-17-20-40-35(26-33)18-21-41(51-40)38-27-36-8-4-24-49-45(36)48-37(38)9-5-25-50-48/h1-32H;1-28H. The maximum atomic E-state index is 5.16. The van der Waals surface area contributed by atoms with Crippen molar-refractivity contribution in [3.8, 4) is 101 Å². The van der Waals surface area contributed by atoms with Gasteiger partial charge in [-0.3, -0.25) is 15.0 Å². The molecule has 23 rings (SSSR count). The summed E-state index contributed by atoms with van der Waals surface area (Å²) in [6, 6.07) is 120. The van der Waals surface area contributed by atoms with Gasteiger partial charge < -0.3 is 0 Å². The van der Waals surface area contributed by atoms with Crippen LogP contribution in [-0.4, -0.2) is 59.8 Å². The van der Waals surface area contributed by atoms with Crippen LogP contribution in [0.3, 0.4) is 0 Å². The van der Waals surface area contributed by atoms with Gasteiger partial charge >= 0.3 is 0 Å². The van der Waals surface area contributed by atoms with E-state index in [9.17, 15) is 0 Å². The summed E-state index contributed by atoms with van der Waals surface area (Å²) in [4.78, 5) is 60.0. The van der Waals surface area contributed by atoms with Crippen LogP contribution in [0.1, 0.15) is 0 Å². The van der Waals surface area contributed by atoms with Crippen LogP contribution in [0.25, 0.3) is 232 Å². The van der Waals surface area contributed by atoms with Gasteiger partial charge in [0.2, 0.25) is 0 Å². The monoisotopic (exact) mass is 1450 g/mol. The molecule has 0 N–H and O–H groups in total. The number of hydrogen-bond donors (Lipinski definition) is 0. The van der Waals surface area contributed by atoms with Crippen molar-refractivity contribution in [3.63, 3.8) is 0 Å². The molecule has 0 saturated heterocycles. The predicted molar refractivity (Wildman–Crippen MR) is 465 cm³/mol. The summed E-state index contributed by atoms with van der Waals surface area (Å²) in [7, 11) is 0. The van der Waals surface area contributed by atoms with Crippen molar-refractivity contribution in [2.75, 3.05) is 0 Å². The van der Waals surface area contributed by atoms with Gasteiger partial charge in [0.1, 0.15) is 0 Å². The molecule has 528 valence electrons. The van der Waals surface area contributed by atoms with Crippen molar-refractivity contribution in [3.05, 3.63) is 364 Å². The molecule has 0 amide bonds. The summed E-state index contributed by atoms with van der Waals surface area (Å²) >= 11 is 0. The van der Waals surface area contributed by atoms with Crippen LogP contribution in [0.2, 0.25) is 0 Å². The lowest BCUT2D eigenvalue weighted by Crippen LogP contribution is -1.93. The van der Waals surface area contributed by atoms with Crippen LogP contribution in [0.4, 0.5) is 0 Å². The maximum Gasteiger partial charge on any atom is 0.0973 e. The van der Waals surface area contributed by atoms with E-state index in [4.69, 9.17) is 44.9 Å². The molecule has 114 heavy (non-hydrogen) atoms. The Morgan fingerprint density at radius 3 is 0.956 bits per heavy atom. The number of pyridine rings is 12. The van der Waals surface area contributed by atoms with Crippen molar-refractivity contribution in [1.29, 1.82) is 0 Å². The first-order valence-corrected chi connectivity index (χ1v) is 37.9. The average Bonchev–Trinajstić information content (AvgIpc) is 0.745. The zero-order valence-corrected chi connectivity index (χ0v) is 61.0. The van der Waals surface area contributed by atoms with E-state index in [2.05, 4.69) is 294 Å². The summed E-state index contributed by atoms with van der Waals surface area (Å²) < 4.78 is 0. The number of benzene rings is 11. The predicted octanol–water partition coefficient (Wildman–Crippen LogP) is 25.0. The molecule has 12 nitrogen and oxygen atoms in total. The Balaban J connectivity index is 0.000000140. The molecule has 0 aliphatic carbocycles. The van der Waals surface area contributed by atoms with E-state index in [0.717, 1.165) is 232 Å². The summed E-state index contributed by atoms with van der Waals surface area (Å²) in [5.74, 6) is 0. The van der Waals surface area contributed by atoms with Crippen LogP contribution in [0.15, 0.2) is 364 Å². The molecule has 12 aromatic heterocycles. The minimum atomic E-state index is 0.812. The molecule has 0 aliphatic heterocycles. The van der Waals surface area contributed by atoms with Crippen LogP contribution in [0.5, 0.6) is 0 Å². The molecule has 0 fully saturated rings. The van der Waals surface area contributed by atoms with E-state index >= 15 is 0 Å². The second kappa shape index (κ2) is 27.2. The Morgan fingerprint density at radius 2 is 0.456 bits per heavy atom. The van der Waals surface area contributed by atoms with Gasteiger partial charge in [0.25, 0.3) is 0 Å². The first-order valence-electron chi connectivity index (χ1n) is 37.9. The summed E-state index contributed by atoms with van der Waals surface area (Å²) in [6.07, 6.45) is 5.46. The Morgan fingerprint density at radius 1 is 0.140 bits per heavy atom. The fraction of sp³-hybridized carbons (Fsp3) is 0. The quantitative estimate of drug-likeness (QED) is 0.126. The van der Waals surface area contributed by atoms with Gasteiger partial charge in [-0.25, -0.2) is 44.9 Å². The zero-order valence-electron chi connectivity index (χ0n) is 61.0. The van der Waals surface area contributed by atoms with Crippen LogP contribution in [0, 0.1) is 0 Å². The lowest BCUT2D eigenvalue weighted by Gasteiger charge is -2.11. The smallest absolute Gasteiger partial charge is 0.0973 e. The van der Waals surface area contributed by atoms with Gasteiger partial charge in [0.05, 0.1) is 117 Å². The topological polar surface area (TPSA) is 155 Å². The lowest BCUT2D eigenvalue weighted by atomic mass is 9.99. The second-order valence-electron chi connectivity index (χ2n) is 28.7. The molecule has 0 bridgehead atoms. The molecule has 0 saturated carbocycles. The fourth-order valence-corrected chi connectivity index (χ4v) is 15.9. The van der Waals surface area contributed by atoms with Gasteiger partial charge in [-0.1, -0.05) is 224 Å². The minimum Gasteiger partial charge on any atom is -0.254 e. The molecule has 0 atom stereocenters. The van der Waals surface area contributed by atoms with Crippen molar-refractivity contribution >= 4 is 131 Å². The van der Waals surface area contributed by atoms with Gasteiger partial charge in [-0.15, -0.1) is 0 Å². The molecular formula is C102H60N12. The van der Waals surface area contributed by atoms with Gasteiger partial charge in [0.15, 0.2) is 0 Å². The number of hydrogen-bond acceptors (Lipinski definition) is 12. The van der Waals surface area contributed by atoms with Gasteiger partial charge in [-0.05, 0) is 144 Å². The highest BCUT2D eigenvalue weighted by Gasteiger charge is 2.18. The fourth-order valence-electron chi connectivity index (χ4n) is 15.9. The first kappa shape index (κ1) is 65.4. The Hall–Kier alpha value is -15.7. The van der Waals surface area contributed by atoms with E-state index in [1.165, 1.54) is 0 Å². The molecular weight excluding hydrogens is 1390 g/mol. The highest BCUT2D eigenvalue weighted by atomic mass is 14.8. The third-order valence-electron chi connectivity index (χ3n) is 21.8. The molecule has 0 unspecified atom stereocenters. The Bertz CT molecular complexity index is 7890. The summed E-state index contributed by atoms with van der Waals surface area (Å²) in [6.45, 7) is 0. The molecule has 0 aliphatic rings. The van der Waals surface area contributed by atoms with E-state index in [0.29, 0.717) is 0 Å². The molecule has 23 aromatic rings. The van der Waals surface area contributed by atoms with Gasteiger partial charge in [-0.2, -0.15) is 0 Å². The lowest BCUT2D eigenvalue weighted by molar-refractivity contribution is 1.31. The molecule has 11 aromatic carbocycles. The Labute approximate surface area is 652 Å². The highest BCUT2D eigenvalue weighted by Crippen LogP contribution is 2.39. The van der Waals surface area contributed by atoms with Crippen molar-refractivity contribution in [2.24, 2.45) is 0 Å². The molecule has 12 heteroatoms. The van der Waals surface area contributed by atoms with E-state index < -0.39 is 0 Å². The van der Waals surface area contributed by atoms with E-state index in [-0.39, 0.29) is 0 Å². The second-order valence-corrected chi connectivity index (χ2v) is 28.7. The summed E-state index contributed by atoms with van der Waals surface area (Å²) in [5.41, 5.74) is 28.3. The summed E-state index contributed by atoms with van der Waals surface area (Å²) in [5, 5.41) is 12.7. The number of aromatic nitrogens is 12. The van der Waals surface area contributed by atoms with Crippen LogP contribution >= 0.6 is 0 Å². The van der Waals surface area contributed by atoms with Gasteiger partial charge in [0, 0.05) is 111 Å². The normalized spacial score (nSPS) is 11.7. The first-order chi connectivity index (χ1) is 56.4. The molecule has 0 radical (unpaired) electrons. The van der Waals surface area contributed by atoms with E-state index in [1.54, 1.807) is 0 Å². The number of nitrogens with zero attached hydrogens (tertiary/aromatic N) is 12. The van der Waals surface area contributed by atoms with Crippen LogP contribution in [-0.2, 0) is 0 Å². The van der Waals surface area contributed by atoms with Crippen molar-refractivity contribution < 1.29 is 0 Å². The maximum absolute atomic E-state index is 5.16. The molecule has 12 heterocycles. The third kappa shape index (κ3) is 11.9. The van der Waals surface area contributed by atoms with Crippen molar-refractivity contribution in [1.82, 2.24) is 59.8 Å². The Kier molecular flexibility index (Phi) is 15.6. The van der Waals surface area contributed by atoms with Crippen molar-refractivity contribution in [2.45, 2.75) is 0 Å². The van der Waals surface area contributed by atoms with Crippen LogP contribution < -0.4 is 0 Å². The van der Waals surface area contributed by atoms with E-state index in [1.807, 2.05) is 85.3 Å². The average molecular weight is 1450 g/mol. The zero-order chi connectivity index (χ0) is 75.2. The largest absolute Gasteiger partial charge is 0.254 e. The number of fused-ring (bicyclic) bond motifs is 16. The minimum absolute atomic E-state index is 0.812. The SMILES string of the molecule is c1ccc(-c2ccc3ccc4ccc(-c5ccc6ccc(-c7ccc8nc(-c9cc%10cccnc%10c%10ncccc9%10)ccc8c7)cc6n5)nc4c3n2)cc1.c1ccc(-c2ccc3ccc4ccc(-c5ccc6ccc(-c7ccc8nc(-c9cccc(-c%10ccc%11ccc%12cccnc%12c%11n%10)c9)ccc8c7)cc6n5)nc4c3n2)cc1. The number of rotatable bonds is 9. The molecule has 0 spiro atoms.